The lowest BCUT2D eigenvalue weighted by Gasteiger charge is -1.80. The van der Waals surface area contributed by atoms with Crippen LogP contribution in [-0.4, -0.2) is 19.5 Å². The van der Waals surface area contributed by atoms with E-state index in [0.29, 0.717) is 0 Å². The van der Waals surface area contributed by atoms with Gasteiger partial charge in [-0.25, -0.2) is 0 Å². The summed E-state index contributed by atoms with van der Waals surface area (Å²) in [5.74, 6) is 0. The van der Waals surface area contributed by atoms with Gasteiger partial charge in [0.2, 0.25) is 7.41 Å². The van der Waals surface area contributed by atoms with Crippen molar-refractivity contribution in [3.8, 4) is 0 Å². The molecule has 0 spiro atoms. The molecule has 1 saturated heterocycles. The van der Waals surface area contributed by atoms with Crippen molar-refractivity contribution in [1.82, 2.24) is 5.39 Å². The SMILES string of the molecule is O.[B]1CCON1. The molecule has 3 N–H and O–H groups in total. The van der Waals surface area contributed by atoms with Gasteiger partial charge in [0.05, 0.1) is 6.61 Å². The molecule has 0 aromatic carbocycles. The van der Waals surface area contributed by atoms with Crippen LogP contribution in [0.1, 0.15) is 0 Å². The summed E-state index contributed by atoms with van der Waals surface area (Å²) >= 11 is 0. The summed E-state index contributed by atoms with van der Waals surface area (Å²) in [6.45, 7) is 0.833. The van der Waals surface area contributed by atoms with Gasteiger partial charge >= 0.3 is 0 Å². The Balaban J connectivity index is 0.000000250. The van der Waals surface area contributed by atoms with Crippen LogP contribution in [0.4, 0.5) is 0 Å². The third kappa shape index (κ3) is 1.40. The maximum absolute atomic E-state index is 4.64. The largest absolute Gasteiger partial charge is 0.412 e. The fourth-order valence-electron chi connectivity index (χ4n) is 0.295. The van der Waals surface area contributed by atoms with Gasteiger partial charge in [0, 0.05) is 0 Å². The Bertz CT molecular complexity index is 23.1. The van der Waals surface area contributed by atoms with Crippen LogP contribution in [0.15, 0.2) is 0 Å². The molecule has 6 heavy (non-hydrogen) atoms. The van der Waals surface area contributed by atoms with Crippen molar-refractivity contribution in [3.05, 3.63) is 0 Å². The Morgan fingerprint density at radius 2 is 2.50 bits per heavy atom. The Morgan fingerprint density at radius 3 is 2.67 bits per heavy atom. The van der Waals surface area contributed by atoms with Gasteiger partial charge in [-0.1, -0.05) is 0 Å². The summed E-state index contributed by atoms with van der Waals surface area (Å²) in [6.07, 6.45) is 1.04. The fourth-order valence-corrected chi connectivity index (χ4v) is 0.295. The molecule has 3 nitrogen and oxygen atoms in total. The van der Waals surface area contributed by atoms with Gasteiger partial charge < -0.3 is 10.3 Å². The molecule has 4 heteroatoms. The van der Waals surface area contributed by atoms with Gasteiger partial charge in [-0.15, -0.1) is 0 Å². The van der Waals surface area contributed by atoms with Gasteiger partial charge in [0.25, 0.3) is 0 Å². The number of hydrogen-bond donors (Lipinski definition) is 1. The molecule has 1 fully saturated rings. The standard InChI is InChI=1S/C2H5BNO.H2O/c1-2-5-4-3-1;/h4H,1-2H2;1H2. The van der Waals surface area contributed by atoms with E-state index in [1.54, 1.807) is 0 Å². The number of rotatable bonds is 0. The maximum Gasteiger partial charge on any atom is 0.244 e. The predicted molar refractivity (Wildman–Crippen MR) is 23.3 cm³/mol. The van der Waals surface area contributed by atoms with Crippen LogP contribution in [0, 0.1) is 0 Å². The van der Waals surface area contributed by atoms with E-state index in [1.165, 1.54) is 0 Å². The number of nitrogens with one attached hydrogen (secondary N) is 1. The second-order valence-electron chi connectivity index (χ2n) is 0.959. The second kappa shape index (κ2) is 3.15. The quantitative estimate of drug-likeness (QED) is 0.375. The van der Waals surface area contributed by atoms with Crippen molar-refractivity contribution < 1.29 is 10.3 Å². The van der Waals surface area contributed by atoms with Crippen LogP contribution in [0.5, 0.6) is 0 Å². The summed E-state index contributed by atoms with van der Waals surface area (Å²) in [4.78, 5) is 4.64. The van der Waals surface area contributed by atoms with E-state index in [9.17, 15) is 0 Å². The molecule has 0 aliphatic carbocycles. The Hall–Kier alpha value is -0.0551. The van der Waals surface area contributed by atoms with E-state index in [-0.39, 0.29) is 5.48 Å². The highest BCUT2D eigenvalue weighted by atomic mass is 16.6. The Kier molecular flexibility index (Phi) is 3.12. The molecule has 1 heterocycles. The van der Waals surface area contributed by atoms with Crippen LogP contribution in [0.2, 0.25) is 6.32 Å². The van der Waals surface area contributed by atoms with E-state index in [0.717, 1.165) is 12.9 Å². The first kappa shape index (κ1) is 5.94. The average Bonchev–Trinajstić information content (AvgIpc) is 1.76. The third-order valence-corrected chi connectivity index (χ3v) is 0.531. The summed E-state index contributed by atoms with van der Waals surface area (Å²) in [5.41, 5.74) is 0. The van der Waals surface area contributed by atoms with Crippen molar-refractivity contribution >= 4 is 7.41 Å². The topological polar surface area (TPSA) is 52.8 Å². The molecular formula is C2H7BNO2. The van der Waals surface area contributed by atoms with Crippen molar-refractivity contribution in [2.75, 3.05) is 6.61 Å². The first-order chi connectivity index (χ1) is 2.50. The zero-order valence-electron chi connectivity index (χ0n) is 3.40. The first-order valence-electron chi connectivity index (χ1n) is 1.69. The molecule has 1 radical (unpaired) electrons. The van der Waals surface area contributed by atoms with E-state index < -0.39 is 0 Å². The molecule has 35 valence electrons. The lowest BCUT2D eigenvalue weighted by molar-refractivity contribution is 0.128. The third-order valence-electron chi connectivity index (χ3n) is 0.531. The predicted octanol–water partition coefficient (Wildman–Crippen LogP) is -1.27. The van der Waals surface area contributed by atoms with E-state index in [4.69, 9.17) is 0 Å². The molecular weight excluding hydrogens is 80.8 g/mol. The molecule has 0 aromatic heterocycles. The van der Waals surface area contributed by atoms with E-state index >= 15 is 0 Å². The minimum Gasteiger partial charge on any atom is -0.412 e. The fraction of sp³-hybridized carbons (Fsp3) is 1.00. The molecule has 1 rings (SSSR count). The molecule has 1 aliphatic rings. The summed E-state index contributed by atoms with van der Waals surface area (Å²) in [5, 5.41) is 2.60. The van der Waals surface area contributed by atoms with Gasteiger partial charge in [0.15, 0.2) is 0 Å². The highest BCUT2D eigenvalue weighted by Gasteiger charge is 1.96. The van der Waals surface area contributed by atoms with Crippen LogP contribution in [0.25, 0.3) is 0 Å². The Morgan fingerprint density at radius 1 is 1.67 bits per heavy atom. The average molecular weight is 87.9 g/mol. The zero-order valence-corrected chi connectivity index (χ0v) is 3.40. The highest BCUT2D eigenvalue weighted by molar-refractivity contribution is 6.32. The van der Waals surface area contributed by atoms with Crippen LogP contribution in [0.3, 0.4) is 0 Å². The maximum atomic E-state index is 4.64. The summed E-state index contributed by atoms with van der Waals surface area (Å²) in [6, 6.07) is 0. The van der Waals surface area contributed by atoms with Crippen molar-refractivity contribution in [2.24, 2.45) is 0 Å². The minimum atomic E-state index is 0. The minimum absolute atomic E-state index is 0. The summed E-state index contributed by atoms with van der Waals surface area (Å²) < 4.78 is 0. The summed E-state index contributed by atoms with van der Waals surface area (Å²) in [7, 11) is 1.89. The van der Waals surface area contributed by atoms with Crippen LogP contribution >= 0.6 is 0 Å². The van der Waals surface area contributed by atoms with Crippen molar-refractivity contribution in [2.45, 2.75) is 6.32 Å². The molecule has 0 atom stereocenters. The van der Waals surface area contributed by atoms with Gasteiger partial charge in [-0.2, -0.15) is 0 Å². The monoisotopic (exact) mass is 88.1 g/mol. The lowest BCUT2D eigenvalue weighted by Crippen LogP contribution is -2.05. The van der Waals surface area contributed by atoms with Crippen LogP contribution in [-0.2, 0) is 4.84 Å². The van der Waals surface area contributed by atoms with Crippen LogP contribution < -0.4 is 5.39 Å². The van der Waals surface area contributed by atoms with Gasteiger partial charge in [-0.3, -0.25) is 5.39 Å². The molecule has 0 amide bonds. The van der Waals surface area contributed by atoms with Gasteiger partial charge in [-0.05, 0) is 6.32 Å². The van der Waals surface area contributed by atoms with E-state index in [1.807, 2.05) is 7.41 Å². The highest BCUT2D eigenvalue weighted by Crippen LogP contribution is 1.82. The number of hydrogen-bond acceptors (Lipinski definition) is 2. The van der Waals surface area contributed by atoms with Crippen molar-refractivity contribution in [1.29, 1.82) is 0 Å². The molecule has 0 unspecified atom stereocenters. The van der Waals surface area contributed by atoms with Crippen molar-refractivity contribution in [3.63, 3.8) is 0 Å². The molecule has 0 aromatic rings. The normalized spacial score (nSPS) is 18.7. The molecule has 0 bridgehead atoms. The second-order valence-corrected chi connectivity index (χ2v) is 0.959. The zero-order chi connectivity index (χ0) is 3.54. The molecule has 0 saturated carbocycles. The molecule has 1 aliphatic heterocycles. The van der Waals surface area contributed by atoms with Gasteiger partial charge in [0.1, 0.15) is 0 Å². The first-order valence-corrected chi connectivity index (χ1v) is 1.69. The van der Waals surface area contributed by atoms with E-state index in [2.05, 4.69) is 10.2 Å². The smallest absolute Gasteiger partial charge is 0.244 e. The Labute approximate surface area is 37.2 Å². The lowest BCUT2D eigenvalue weighted by atomic mass is 9.94.